The van der Waals surface area contributed by atoms with Crippen LogP contribution in [-0.2, 0) is 6.54 Å². The summed E-state index contributed by atoms with van der Waals surface area (Å²) in [5, 5.41) is 9.19. The van der Waals surface area contributed by atoms with Gasteiger partial charge in [0.1, 0.15) is 11.5 Å². The molecule has 0 fully saturated rings. The molecule has 0 radical (unpaired) electrons. The number of nitrogens with one attached hydrogen (secondary N) is 1. The lowest BCUT2D eigenvalue weighted by atomic mass is 10.3. The number of aryl methyl sites for hydroxylation is 1. The van der Waals surface area contributed by atoms with E-state index in [0.717, 1.165) is 6.42 Å². The molecule has 108 valence electrons. The number of hydrogen-bond donors (Lipinski definition) is 2. The van der Waals surface area contributed by atoms with Crippen LogP contribution >= 0.6 is 0 Å². The van der Waals surface area contributed by atoms with Crippen molar-refractivity contribution in [1.29, 1.82) is 0 Å². The number of rotatable bonds is 4. The van der Waals surface area contributed by atoms with Crippen LogP contribution in [0.15, 0.2) is 24.5 Å². The van der Waals surface area contributed by atoms with Gasteiger partial charge in [-0.15, -0.1) is 0 Å². The van der Waals surface area contributed by atoms with E-state index >= 15 is 0 Å². The fraction of sp³-hybridized carbons (Fsp3) is 0.214. The highest BCUT2D eigenvalue weighted by Crippen LogP contribution is 2.26. The van der Waals surface area contributed by atoms with Crippen LogP contribution in [0.5, 0.6) is 0 Å². The second-order valence-corrected chi connectivity index (χ2v) is 4.65. The molecule has 0 spiro atoms. The minimum atomic E-state index is -1.11. The van der Waals surface area contributed by atoms with E-state index in [0.29, 0.717) is 23.4 Å². The average Bonchev–Trinajstić information content (AvgIpc) is 3.04. The smallest absolute Gasteiger partial charge is 0.354 e. The summed E-state index contributed by atoms with van der Waals surface area (Å²) in [4.78, 5) is 22.3. The number of carboxylic acids is 1. The standard InChI is InChI=1S/C14H13FN4O2/c1-2-5-19-10-6-8(15)3-4-9(10)18-13(19)11-12(14(20)21)17-7-16-11/h3-4,6-7H,2,5H2,1H3,(H,16,17)(H,20,21). The number of hydrogen-bond acceptors (Lipinski definition) is 3. The van der Waals surface area contributed by atoms with E-state index in [1.54, 1.807) is 10.6 Å². The highest BCUT2D eigenvalue weighted by Gasteiger charge is 2.21. The number of imidazole rings is 2. The molecule has 3 aromatic rings. The van der Waals surface area contributed by atoms with E-state index in [1.807, 2.05) is 6.92 Å². The predicted octanol–water partition coefficient (Wildman–Crippen LogP) is 2.67. The molecule has 0 saturated carbocycles. The predicted molar refractivity (Wildman–Crippen MR) is 74.5 cm³/mol. The zero-order valence-corrected chi connectivity index (χ0v) is 11.3. The minimum Gasteiger partial charge on any atom is -0.477 e. The Labute approximate surface area is 119 Å². The monoisotopic (exact) mass is 288 g/mol. The third-order valence-corrected chi connectivity index (χ3v) is 3.22. The Bertz CT molecular complexity index is 822. The number of aromatic amines is 1. The minimum absolute atomic E-state index is 0.0249. The largest absolute Gasteiger partial charge is 0.477 e. The number of aromatic carboxylic acids is 1. The normalized spacial score (nSPS) is 11.1. The third-order valence-electron chi connectivity index (χ3n) is 3.22. The number of H-pyrrole nitrogens is 1. The Morgan fingerprint density at radius 2 is 2.29 bits per heavy atom. The second kappa shape index (κ2) is 5.01. The number of halogens is 1. The first-order valence-corrected chi connectivity index (χ1v) is 6.54. The average molecular weight is 288 g/mol. The highest BCUT2D eigenvalue weighted by molar-refractivity contribution is 5.93. The first kappa shape index (κ1) is 13.3. The molecule has 0 aliphatic carbocycles. The Morgan fingerprint density at radius 1 is 1.48 bits per heavy atom. The van der Waals surface area contributed by atoms with Crippen LogP contribution in [0.25, 0.3) is 22.6 Å². The first-order chi connectivity index (χ1) is 10.1. The molecule has 3 rings (SSSR count). The van der Waals surface area contributed by atoms with Gasteiger partial charge in [-0.1, -0.05) is 6.92 Å². The van der Waals surface area contributed by atoms with Crippen LogP contribution in [0.3, 0.4) is 0 Å². The molecule has 0 saturated heterocycles. The summed E-state index contributed by atoms with van der Waals surface area (Å²) in [5.41, 5.74) is 1.47. The molecule has 1 aromatic carbocycles. The zero-order chi connectivity index (χ0) is 15.0. The SMILES string of the molecule is CCCn1c(-c2nc[nH]c2C(=O)O)nc2ccc(F)cc21. The van der Waals surface area contributed by atoms with Crippen LogP contribution in [0.1, 0.15) is 23.8 Å². The molecule has 0 amide bonds. The van der Waals surface area contributed by atoms with E-state index < -0.39 is 5.97 Å². The maximum absolute atomic E-state index is 13.5. The number of nitrogens with zero attached hydrogens (tertiary/aromatic N) is 3. The van der Waals surface area contributed by atoms with Crippen molar-refractivity contribution in [3.8, 4) is 11.5 Å². The molecule has 6 nitrogen and oxygen atoms in total. The van der Waals surface area contributed by atoms with Crippen molar-refractivity contribution in [2.24, 2.45) is 0 Å². The van der Waals surface area contributed by atoms with Gasteiger partial charge in [-0.05, 0) is 24.6 Å². The molecular formula is C14H13FN4O2. The molecule has 0 bridgehead atoms. The van der Waals surface area contributed by atoms with Crippen molar-refractivity contribution in [3.63, 3.8) is 0 Å². The van der Waals surface area contributed by atoms with E-state index in [2.05, 4.69) is 15.0 Å². The van der Waals surface area contributed by atoms with Crippen molar-refractivity contribution in [2.75, 3.05) is 0 Å². The fourth-order valence-electron chi connectivity index (χ4n) is 2.35. The van der Waals surface area contributed by atoms with Gasteiger partial charge in [-0.3, -0.25) is 0 Å². The number of carbonyl (C=O) groups is 1. The van der Waals surface area contributed by atoms with Crippen LogP contribution < -0.4 is 0 Å². The van der Waals surface area contributed by atoms with E-state index in [-0.39, 0.29) is 17.2 Å². The van der Waals surface area contributed by atoms with Gasteiger partial charge in [0.15, 0.2) is 11.5 Å². The van der Waals surface area contributed by atoms with Gasteiger partial charge in [0, 0.05) is 6.54 Å². The molecule has 0 aliphatic rings. The maximum Gasteiger partial charge on any atom is 0.354 e. The molecule has 0 atom stereocenters. The summed E-state index contributed by atoms with van der Waals surface area (Å²) < 4.78 is 15.3. The number of fused-ring (bicyclic) bond motifs is 1. The highest BCUT2D eigenvalue weighted by atomic mass is 19.1. The summed E-state index contributed by atoms with van der Waals surface area (Å²) in [6, 6.07) is 4.31. The fourth-order valence-corrected chi connectivity index (χ4v) is 2.35. The van der Waals surface area contributed by atoms with E-state index in [1.165, 1.54) is 18.5 Å². The summed E-state index contributed by atoms with van der Waals surface area (Å²) >= 11 is 0. The Kier molecular flexibility index (Phi) is 3.17. The summed E-state index contributed by atoms with van der Waals surface area (Å²) in [6.07, 6.45) is 2.12. The van der Waals surface area contributed by atoms with Gasteiger partial charge in [-0.2, -0.15) is 0 Å². The summed E-state index contributed by atoms with van der Waals surface area (Å²) in [5.74, 6) is -1.04. The number of benzene rings is 1. The number of carboxylic acid groups (broad SMARTS) is 1. The van der Waals surface area contributed by atoms with Crippen molar-refractivity contribution >= 4 is 17.0 Å². The number of aromatic nitrogens is 4. The van der Waals surface area contributed by atoms with Crippen LogP contribution in [0, 0.1) is 5.82 Å². The Balaban J connectivity index is 2.28. The van der Waals surface area contributed by atoms with E-state index in [9.17, 15) is 14.3 Å². The molecule has 2 N–H and O–H groups in total. The quantitative estimate of drug-likeness (QED) is 0.773. The van der Waals surface area contributed by atoms with Crippen molar-refractivity contribution in [2.45, 2.75) is 19.9 Å². The van der Waals surface area contributed by atoms with E-state index in [4.69, 9.17) is 0 Å². The lowest BCUT2D eigenvalue weighted by molar-refractivity contribution is 0.0692. The topological polar surface area (TPSA) is 83.8 Å². The van der Waals surface area contributed by atoms with Gasteiger partial charge in [0.25, 0.3) is 0 Å². The summed E-state index contributed by atoms with van der Waals surface area (Å²) in [7, 11) is 0. The van der Waals surface area contributed by atoms with Gasteiger partial charge in [0.05, 0.1) is 17.4 Å². The van der Waals surface area contributed by atoms with Gasteiger partial charge < -0.3 is 14.7 Å². The van der Waals surface area contributed by atoms with Crippen LogP contribution in [-0.4, -0.2) is 30.6 Å². The molecule has 7 heteroatoms. The lowest BCUT2D eigenvalue weighted by Crippen LogP contribution is -2.05. The third kappa shape index (κ3) is 2.16. The molecule has 0 aliphatic heterocycles. The van der Waals surface area contributed by atoms with Gasteiger partial charge in [0.2, 0.25) is 0 Å². The first-order valence-electron chi connectivity index (χ1n) is 6.54. The zero-order valence-electron chi connectivity index (χ0n) is 11.3. The molecule has 2 aromatic heterocycles. The molecular weight excluding hydrogens is 275 g/mol. The molecule has 0 unspecified atom stereocenters. The van der Waals surface area contributed by atoms with Gasteiger partial charge >= 0.3 is 5.97 Å². The van der Waals surface area contributed by atoms with Crippen molar-refractivity contribution < 1.29 is 14.3 Å². The Hall–Kier alpha value is -2.70. The second-order valence-electron chi connectivity index (χ2n) is 4.65. The lowest BCUT2D eigenvalue weighted by Gasteiger charge is -2.06. The van der Waals surface area contributed by atoms with Gasteiger partial charge in [-0.25, -0.2) is 19.2 Å². The van der Waals surface area contributed by atoms with Crippen LogP contribution in [0.2, 0.25) is 0 Å². The van der Waals surface area contributed by atoms with Crippen molar-refractivity contribution in [3.05, 3.63) is 36.0 Å². The molecule has 21 heavy (non-hydrogen) atoms. The Morgan fingerprint density at radius 3 is 3.00 bits per heavy atom. The maximum atomic E-state index is 13.5. The molecule has 2 heterocycles. The van der Waals surface area contributed by atoms with Crippen LogP contribution in [0.4, 0.5) is 4.39 Å². The summed E-state index contributed by atoms with van der Waals surface area (Å²) in [6.45, 7) is 2.58. The van der Waals surface area contributed by atoms with Crippen molar-refractivity contribution in [1.82, 2.24) is 19.5 Å².